The molecule has 0 unspecified atom stereocenters. The summed E-state index contributed by atoms with van der Waals surface area (Å²) in [5, 5.41) is 0. The first-order valence-corrected chi connectivity index (χ1v) is 8.66. The van der Waals surface area contributed by atoms with Crippen molar-refractivity contribution in [2.24, 2.45) is 0 Å². The fourth-order valence-corrected chi connectivity index (χ4v) is 2.45. The summed E-state index contributed by atoms with van der Waals surface area (Å²) in [5.41, 5.74) is 0.284. The maximum absolute atomic E-state index is 13.0. The van der Waals surface area contributed by atoms with Gasteiger partial charge in [-0.05, 0) is 24.6 Å². The maximum atomic E-state index is 13.0. The van der Waals surface area contributed by atoms with Crippen LogP contribution in [0.4, 0.5) is 4.39 Å². The first-order chi connectivity index (χ1) is 10.7. The minimum absolute atomic E-state index is 0.284. The van der Waals surface area contributed by atoms with E-state index < -0.39 is 11.8 Å². The Hall–Kier alpha value is -1.38. The van der Waals surface area contributed by atoms with Gasteiger partial charge in [0, 0.05) is 0 Å². The molecule has 1 aromatic carbocycles. The van der Waals surface area contributed by atoms with Gasteiger partial charge in [0.1, 0.15) is 5.82 Å². The highest BCUT2D eigenvalue weighted by Crippen LogP contribution is 2.11. The van der Waals surface area contributed by atoms with Gasteiger partial charge in [-0.3, -0.25) is 0 Å². The van der Waals surface area contributed by atoms with Crippen LogP contribution in [0.15, 0.2) is 24.3 Å². The number of hydrogen-bond donors (Lipinski definition) is 0. The summed E-state index contributed by atoms with van der Waals surface area (Å²) in [4.78, 5) is 11.7. The summed E-state index contributed by atoms with van der Waals surface area (Å²) in [6.45, 7) is 2.66. The molecule has 0 bridgehead atoms. The second-order valence-corrected chi connectivity index (χ2v) is 5.83. The van der Waals surface area contributed by atoms with Gasteiger partial charge in [0.05, 0.1) is 12.2 Å². The van der Waals surface area contributed by atoms with E-state index in [1.165, 1.54) is 69.6 Å². The van der Waals surface area contributed by atoms with Crippen molar-refractivity contribution in [2.75, 3.05) is 6.61 Å². The van der Waals surface area contributed by atoms with Crippen LogP contribution in [0.3, 0.4) is 0 Å². The molecule has 0 saturated carbocycles. The van der Waals surface area contributed by atoms with Crippen LogP contribution < -0.4 is 0 Å². The third kappa shape index (κ3) is 8.81. The number of carbonyl (C=O) groups excluding carboxylic acids is 1. The van der Waals surface area contributed by atoms with E-state index in [1.807, 2.05) is 0 Å². The van der Waals surface area contributed by atoms with Gasteiger partial charge in [-0.25, -0.2) is 9.18 Å². The van der Waals surface area contributed by atoms with E-state index >= 15 is 0 Å². The first-order valence-electron chi connectivity index (χ1n) is 8.66. The molecule has 2 nitrogen and oxygen atoms in total. The second kappa shape index (κ2) is 12.2. The number of carbonyl (C=O) groups is 1. The van der Waals surface area contributed by atoms with Crippen molar-refractivity contribution in [3.63, 3.8) is 0 Å². The molecule has 3 heteroatoms. The minimum atomic E-state index is -0.435. The van der Waals surface area contributed by atoms with Crippen molar-refractivity contribution in [3.05, 3.63) is 35.6 Å². The topological polar surface area (TPSA) is 26.3 Å². The van der Waals surface area contributed by atoms with Crippen molar-refractivity contribution >= 4 is 5.97 Å². The number of esters is 1. The molecule has 0 fully saturated rings. The molecular weight excluding hydrogens is 279 g/mol. The van der Waals surface area contributed by atoms with Crippen molar-refractivity contribution < 1.29 is 13.9 Å². The maximum Gasteiger partial charge on any atom is 0.338 e. The molecule has 1 rings (SSSR count). The quantitative estimate of drug-likeness (QED) is 0.355. The van der Waals surface area contributed by atoms with Crippen LogP contribution in [0.25, 0.3) is 0 Å². The van der Waals surface area contributed by atoms with Crippen molar-refractivity contribution in [1.29, 1.82) is 0 Å². The van der Waals surface area contributed by atoms with Gasteiger partial charge in [0.25, 0.3) is 0 Å². The summed E-state index contributed by atoms with van der Waals surface area (Å²) in [7, 11) is 0. The number of rotatable bonds is 12. The lowest BCUT2D eigenvalue weighted by Crippen LogP contribution is -2.06. The molecule has 0 aromatic heterocycles. The molecule has 0 spiro atoms. The Labute approximate surface area is 134 Å². The van der Waals surface area contributed by atoms with Crippen LogP contribution in [0.2, 0.25) is 0 Å². The summed E-state index contributed by atoms with van der Waals surface area (Å²) >= 11 is 0. The Morgan fingerprint density at radius 2 is 1.55 bits per heavy atom. The summed E-state index contributed by atoms with van der Waals surface area (Å²) in [6, 6.07) is 5.62. The number of hydrogen-bond acceptors (Lipinski definition) is 2. The molecule has 0 amide bonds. The molecule has 22 heavy (non-hydrogen) atoms. The van der Waals surface area contributed by atoms with Gasteiger partial charge in [0.2, 0.25) is 0 Å². The second-order valence-electron chi connectivity index (χ2n) is 5.83. The third-order valence-electron chi connectivity index (χ3n) is 3.79. The number of benzene rings is 1. The third-order valence-corrected chi connectivity index (χ3v) is 3.79. The summed E-state index contributed by atoms with van der Waals surface area (Å²) in [6.07, 6.45) is 12.5. The average molecular weight is 308 g/mol. The standard InChI is InChI=1S/C19H29FO2/c1-2-3-4-5-6-7-8-9-10-11-15-22-19(21)17-13-12-14-18(20)16-17/h12-14,16H,2-11,15H2,1H3. The highest BCUT2D eigenvalue weighted by Gasteiger charge is 2.07. The molecule has 1 aromatic rings. The van der Waals surface area contributed by atoms with Crippen LogP contribution in [0.5, 0.6) is 0 Å². The van der Waals surface area contributed by atoms with Crippen LogP contribution >= 0.6 is 0 Å². The van der Waals surface area contributed by atoms with Crippen LogP contribution in [0, 0.1) is 5.82 Å². The Kier molecular flexibility index (Phi) is 10.3. The van der Waals surface area contributed by atoms with Gasteiger partial charge in [-0.15, -0.1) is 0 Å². The van der Waals surface area contributed by atoms with E-state index in [0.717, 1.165) is 12.8 Å². The Balaban J connectivity index is 1.94. The monoisotopic (exact) mass is 308 g/mol. The largest absolute Gasteiger partial charge is 0.462 e. The fourth-order valence-electron chi connectivity index (χ4n) is 2.45. The van der Waals surface area contributed by atoms with E-state index in [9.17, 15) is 9.18 Å². The molecule has 0 aliphatic heterocycles. The predicted molar refractivity (Wildman–Crippen MR) is 88.5 cm³/mol. The summed E-state index contributed by atoms with van der Waals surface area (Å²) in [5.74, 6) is -0.844. The first kappa shape index (κ1) is 18.7. The Morgan fingerprint density at radius 3 is 2.14 bits per heavy atom. The predicted octanol–water partition coefficient (Wildman–Crippen LogP) is 5.90. The van der Waals surface area contributed by atoms with Crippen LogP contribution in [-0.4, -0.2) is 12.6 Å². The lowest BCUT2D eigenvalue weighted by Gasteiger charge is -2.05. The highest BCUT2D eigenvalue weighted by molar-refractivity contribution is 5.89. The van der Waals surface area contributed by atoms with Crippen molar-refractivity contribution in [3.8, 4) is 0 Å². The Bertz CT molecular complexity index is 418. The molecule has 0 radical (unpaired) electrons. The molecule has 0 aliphatic carbocycles. The van der Waals surface area contributed by atoms with Crippen molar-refractivity contribution in [1.82, 2.24) is 0 Å². The smallest absolute Gasteiger partial charge is 0.338 e. The Morgan fingerprint density at radius 1 is 0.955 bits per heavy atom. The van der Waals surface area contributed by atoms with E-state index in [2.05, 4.69) is 6.92 Å². The molecule has 124 valence electrons. The zero-order chi connectivity index (χ0) is 16.0. The van der Waals surface area contributed by atoms with Crippen molar-refractivity contribution in [2.45, 2.75) is 71.1 Å². The summed E-state index contributed by atoms with van der Waals surface area (Å²) < 4.78 is 18.1. The lowest BCUT2D eigenvalue weighted by molar-refractivity contribution is 0.0497. The molecular formula is C19H29FO2. The van der Waals surface area contributed by atoms with Gasteiger partial charge in [-0.1, -0.05) is 70.8 Å². The molecule has 0 aliphatic rings. The zero-order valence-electron chi connectivity index (χ0n) is 13.8. The van der Waals surface area contributed by atoms with Gasteiger partial charge in [-0.2, -0.15) is 0 Å². The SMILES string of the molecule is CCCCCCCCCCCCOC(=O)c1cccc(F)c1. The van der Waals surface area contributed by atoms with Gasteiger partial charge < -0.3 is 4.74 Å². The molecule has 0 atom stereocenters. The van der Waals surface area contributed by atoms with E-state index in [1.54, 1.807) is 6.07 Å². The number of halogens is 1. The van der Waals surface area contributed by atoms with E-state index in [4.69, 9.17) is 4.74 Å². The highest BCUT2D eigenvalue weighted by atomic mass is 19.1. The van der Waals surface area contributed by atoms with Gasteiger partial charge in [0.15, 0.2) is 0 Å². The fraction of sp³-hybridized carbons (Fsp3) is 0.632. The molecule has 0 saturated heterocycles. The lowest BCUT2D eigenvalue weighted by atomic mass is 10.1. The van der Waals surface area contributed by atoms with Crippen LogP contribution in [-0.2, 0) is 4.74 Å². The number of unbranched alkanes of at least 4 members (excludes halogenated alkanes) is 9. The zero-order valence-corrected chi connectivity index (χ0v) is 13.8. The number of ether oxygens (including phenoxy) is 1. The van der Waals surface area contributed by atoms with Crippen LogP contribution in [0.1, 0.15) is 81.5 Å². The molecule has 0 heterocycles. The normalized spacial score (nSPS) is 10.6. The van der Waals surface area contributed by atoms with E-state index in [0.29, 0.717) is 6.61 Å². The van der Waals surface area contributed by atoms with E-state index in [-0.39, 0.29) is 5.56 Å². The van der Waals surface area contributed by atoms with Gasteiger partial charge >= 0.3 is 5.97 Å². The molecule has 0 N–H and O–H groups in total. The minimum Gasteiger partial charge on any atom is -0.462 e. The average Bonchev–Trinajstić information content (AvgIpc) is 2.52.